The molecule has 0 N–H and O–H groups in total. The van der Waals surface area contributed by atoms with Gasteiger partial charge in [0.05, 0.1) is 8.95 Å². The summed E-state index contributed by atoms with van der Waals surface area (Å²) in [5, 5.41) is 0.737. The van der Waals surface area contributed by atoms with E-state index in [1.165, 1.54) is 0 Å². The molecule has 0 aliphatic rings. The summed E-state index contributed by atoms with van der Waals surface area (Å²) in [7, 11) is 0. The molecule has 0 fully saturated rings. The summed E-state index contributed by atoms with van der Waals surface area (Å²) in [5.74, 6) is 0. The molecule has 0 unspecified atom stereocenters. The second-order valence-electron chi connectivity index (χ2n) is 1.53. The Morgan fingerprint density at radius 2 is 1.50 bits per heavy atom. The van der Waals surface area contributed by atoms with Crippen LogP contribution < -0.4 is 0 Å². The van der Waals surface area contributed by atoms with Crippen molar-refractivity contribution in [1.82, 2.24) is 4.98 Å². The van der Waals surface area contributed by atoms with Crippen LogP contribution >= 0.6 is 55.1 Å². The predicted octanol–water partition coefficient (Wildman–Crippen LogP) is 3.91. The van der Waals surface area contributed by atoms with Gasteiger partial charge in [0, 0.05) is 0 Å². The number of halogens is 4. The molecule has 1 aromatic heterocycles. The average Bonchev–Trinajstić information content (AvgIpc) is 1.84. The van der Waals surface area contributed by atoms with Crippen molar-refractivity contribution >= 4 is 55.1 Å². The van der Waals surface area contributed by atoms with E-state index in [1.54, 1.807) is 6.07 Å². The lowest BCUT2D eigenvalue weighted by Crippen LogP contribution is -1.79. The van der Waals surface area contributed by atoms with Gasteiger partial charge in [-0.2, -0.15) is 0 Å². The fraction of sp³-hybridized carbons (Fsp3) is 0. The zero-order valence-corrected chi connectivity index (χ0v) is 9.22. The molecule has 1 aromatic rings. The fourth-order valence-corrected chi connectivity index (χ4v) is 1.69. The molecule has 0 aromatic carbocycles. The van der Waals surface area contributed by atoms with Crippen LogP contribution in [0.25, 0.3) is 0 Å². The van der Waals surface area contributed by atoms with Gasteiger partial charge in [-0.3, -0.25) is 0 Å². The number of hydrogen-bond donors (Lipinski definition) is 0. The van der Waals surface area contributed by atoms with Crippen LogP contribution in [0.5, 0.6) is 0 Å². The number of nitrogens with zero attached hydrogens (tertiary/aromatic N) is 1. The van der Waals surface area contributed by atoms with E-state index >= 15 is 0 Å². The smallest absolute Gasteiger partial charge is 0.145 e. The van der Waals surface area contributed by atoms with E-state index in [0.717, 1.165) is 8.95 Å². The Kier molecular flexibility index (Phi) is 2.98. The lowest BCUT2D eigenvalue weighted by molar-refractivity contribution is 1.29. The maximum absolute atomic E-state index is 5.62. The Morgan fingerprint density at radius 1 is 1.10 bits per heavy atom. The summed E-state index contributed by atoms with van der Waals surface area (Å²) in [5.41, 5.74) is 0. The van der Waals surface area contributed by atoms with Gasteiger partial charge < -0.3 is 0 Å². The highest BCUT2D eigenvalue weighted by molar-refractivity contribution is 9.11. The summed E-state index contributed by atoms with van der Waals surface area (Å²) in [6.07, 6.45) is 0. The molecule has 0 saturated heterocycles. The molecule has 1 rings (SSSR count). The van der Waals surface area contributed by atoms with Crippen molar-refractivity contribution in [2.45, 2.75) is 0 Å². The zero-order valence-electron chi connectivity index (χ0n) is 4.54. The van der Waals surface area contributed by atoms with Gasteiger partial charge in [0.2, 0.25) is 0 Å². The highest BCUT2D eigenvalue weighted by atomic mass is 79.9. The van der Waals surface area contributed by atoms with Crippen LogP contribution in [0.2, 0.25) is 10.3 Å². The minimum Gasteiger partial charge on any atom is -0.222 e. The summed E-state index contributed by atoms with van der Waals surface area (Å²) < 4.78 is 1.45. The molecule has 0 aliphatic carbocycles. The monoisotopic (exact) mass is 303 g/mol. The minimum atomic E-state index is 0.369. The Morgan fingerprint density at radius 3 is 1.80 bits per heavy atom. The van der Waals surface area contributed by atoms with E-state index in [9.17, 15) is 0 Å². The van der Waals surface area contributed by atoms with Gasteiger partial charge in [-0.1, -0.05) is 23.2 Å². The van der Waals surface area contributed by atoms with E-state index in [2.05, 4.69) is 36.8 Å². The quantitative estimate of drug-likeness (QED) is 0.662. The molecule has 0 bridgehead atoms. The fourth-order valence-electron chi connectivity index (χ4n) is 0.423. The summed E-state index contributed by atoms with van der Waals surface area (Å²) in [6.45, 7) is 0. The summed E-state index contributed by atoms with van der Waals surface area (Å²) >= 11 is 17.6. The second-order valence-corrected chi connectivity index (χ2v) is 3.96. The van der Waals surface area contributed by atoms with Crippen molar-refractivity contribution in [2.75, 3.05) is 0 Å². The summed E-state index contributed by atoms with van der Waals surface area (Å²) in [4.78, 5) is 3.81. The van der Waals surface area contributed by atoms with Gasteiger partial charge in [0.25, 0.3) is 0 Å². The Hall–Kier alpha value is 0.690. The first kappa shape index (κ1) is 8.78. The Balaban J connectivity index is 3.28. The standard InChI is InChI=1S/C5HBr2Cl2N/c6-2-1-3(7)5(9)10-4(2)8/h1H. The molecule has 0 atom stereocenters. The molecule has 0 radical (unpaired) electrons. The third-order valence-electron chi connectivity index (χ3n) is 0.844. The first-order chi connectivity index (χ1) is 4.61. The third-order valence-corrected chi connectivity index (χ3v) is 3.09. The van der Waals surface area contributed by atoms with Crippen molar-refractivity contribution < 1.29 is 0 Å². The van der Waals surface area contributed by atoms with Crippen molar-refractivity contribution in [3.63, 3.8) is 0 Å². The van der Waals surface area contributed by atoms with E-state index < -0.39 is 0 Å². The topological polar surface area (TPSA) is 12.9 Å². The van der Waals surface area contributed by atoms with E-state index in [0.29, 0.717) is 10.3 Å². The van der Waals surface area contributed by atoms with Gasteiger partial charge in [-0.05, 0) is 37.9 Å². The van der Waals surface area contributed by atoms with Crippen molar-refractivity contribution in [1.29, 1.82) is 0 Å². The van der Waals surface area contributed by atoms with Crippen LogP contribution in [0.3, 0.4) is 0 Å². The van der Waals surface area contributed by atoms with Crippen molar-refractivity contribution in [2.24, 2.45) is 0 Å². The van der Waals surface area contributed by atoms with Crippen molar-refractivity contribution in [3.8, 4) is 0 Å². The third kappa shape index (κ3) is 1.84. The molecule has 54 valence electrons. The lowest BCUT2D eigenvalue weighted by atomic mass is 10.5. The van der Waals surface area contributed by atoms with Gasteiger partial charge in [0.1, 0.15) is 10.3 Å². The van der Waals surface area contributed by atoms with Crippen LogP contribution in [0.15, 0.2) is 15.0 Å². The molecule has 1 heterocycles. The Labute approximate surface area is 85.0 Å². The van der Waals surface area contributed by atoms with Crippen LogP contribution in [0.1, 0.15) is 0 Å². The highest BCUT2D eigenvalue weighted by Crippen LogP contribution is 2.28. The molecule has 5 heteroatoms. The van der Waals surface area contributed by atoms with Crippen LogP contribution in [0.4, 0.5) is 0 Å². The minimum absolute atomic E-state index is 0.369. The van der Waals surface area contributed by atoms with E-state index in [-0.39, 0.29) is 0 Å². The van der Waals surface area contributed by atoms with E-state index in [1.807, 2.05) is 0 Å². The first-order valence-electron chi connectivity index (χ1n) is 2.28. The molecular formula is C5HBr2Cl2N. The van der Waals surface area contributed by atoms with Gasteiger partial charge >= 0.3 is 0 Å². The molecule has 0 amide bonds. The number of pyridine rings is 1. The molecule has 0 aliphatic heterocycles. The average molecular weight is 306 g/mol. The zero-order chi connectivity index (χ0) is 7.72. The molecule has 0 saturated carbocycles. The highest BCUT2D eigenvalue weighted by Gasteiger charge is 2.03. The Bertz CT molecular complexity index is 214. The molecular weight excluding hydrogens is 305 g/mol. The number of rotatable bonds is 0. The number of hydrogen-bond acceptors (Lipinski definition) is 1. The lowest BCUT2D eigenvalue weighted by Gasteiger charge is -1.96. The predicted molar refractivity (Wildman–Crippen MR) is 49.7 cm³/mol. The van der Waals surface area contributed by atoms with Gasteiger partial charge in [-0.25, -0.2) is 4.98 Å². The molecule has 1 nitrogen and oxygen atoms in total. The van der Waals surface area contributed by atoms with Crippen LogP contribution in [0, 0.1) is 0 Å². The SMILES string of the molecule is Clc1nc(Cl)c(Br)cc1Br. The summed E-state index contributed by atoms with van der Waals surface area (Å²) in [6, 6.07) is 1.75. The van der Waals surface area contributed by atoms with Crippen LogP contribution in [-0.4, -0.2) is 4.98 Å². The first-order valence-corrected chi connectivity index (χ1v) is 4.62. The maximum Gasteiger partial charge on any atom is 0.145 e. The molecule has 10 heavy (non-hydrogen) atoms. The number of aromatic nitrogens is 1. The van der Waals surface area contributed by atoms with Crippen molar-refractivity contribution in [3.05, 3.63) is 25.3 Å². The van der Waals surface area contributed by atoms with Gasteiger partial charge in [-0.15, -0.1) is 0 Å². The largest absolute Gasteiger partial charge is 0.222 e. The maximum atomic E-state index is 5.62. The second kappa shape index (κ2) is 3.39. The van der Waals surface area contributed by atoms with Gasteiger partial charge in [0.15, 0.2) is 0 Å². The normalized spacial score (nSPS) is 10.0. The molecule has 0 spiro atoms. The van der Waals surface area contributed by atoms with Crippen LogP contribution in [-0.2, 0) is 0 Å². The van der Waals surface area contributed by atoms with E-state index in [4.69, 9.17) is 23.2 Å².